The summed E-state index contributed by atoms with van der Waals surface area (Å²) in [5, 5.41) is 0. The molecule has 1 fully saturated rings. The van der Waals surface area contributed by atoms with Gasteiger partial charge in [-0.05, 0) is 25.5 Å². The van der Waals surface area contributed by atoms with E-state index in [1.165, 1.54) is 10.4 Å². The molecule has 4 heteroatoms. The monoisotopic (exact) mass is 340 g/mol. The number of piperazine rings is 1. The molecule has 24 heavy (non-hydrogen) atoms. The minimum Gasteiger partial charge on any atom is -0.336 e. The van der Waals surface area contributed by atoms with E-state index in [2.05, 4.69) is 48.2 Å². The fourth-order valence-corrected chi connectivity index (χ4v) is 3.96. The Bertz CT molecular complexity index is 712. The molecule has 126 valence electrons. The van der Waals surface area contributed by atoms with Crippen molar-refractivity contribution in [1.29, 1.82) is 0 Å². The van der Waals surface area contributed by atoms with Gasteiger partial charge in [-0.1, -0.05) is 42.5 Å². The Morgan fingerprint density at radius 3 is 2.46 bits per heavy atom. The molecular weight excluding hydrogens is 316 g/mol. The normalized spacial score (nSPS) is 16.0. The minimum atomic E-state index is 0.191. The summed E-state index contributed by atoms with van der Waals surface area (Å²) in [6, 6.07) is 12.4. The van der Waals surface area contributed by atoms with Gasteiger partial charge in [0.25, 0.3) is 5.91 Å². The molecule has 1 aliphatic heterocycles. The molecule has 0 unspecified atom stereocenters. The van der Waals surface area contributed by atoms with Crippen LogP contribution in [0.1, 0.15) is 25.7 Å². The van der Waals surface area contributed by atoms with Crippen molar-refractivity contribution < 1.29 is 4.79 Å². The van der Waals surface area contributed by atoms with Crippen molar-refractivity contribution in [2.75, 3.05) is 32.7 Å². The molecule has 1 aromatic carbocycles. The first-order valence-corrected chi connectivity index (χ1v) is 9.25. The fraction of sp³-hybridized carbons (Fsp3) is 0.350. The van der Waals surface area contributed by atoms with E-state index in [4.69, 9.17) is 0 Å². The summed E-state index contributed by atoms with van der Waals surface area (Å²) in [6.07, 6.45) is 4.37. The van der Waals surface area contributed by atoms with E-state index < -0.39 is 0 Å². The standard InChI is InChI=1S/C20H24N2OS/c1-16-15-19(17(2)24-16)20(23)22-13-11-21(12-14-22)10-6-9-18-7-4-3-5-8-18/h3-9,15H,10-14H2,1-2H3. The Balaban J connectivity index is 1.50. The van der Waals surface area contributed by atoms with Crippen molar-refractivity contribution in [3.05, 3.63) is 63.4 Å². The van der Waals surface area contributed by atoms with Crippen LogP contribution in [0.15, 0.2) is 42.5 Å². The number of hydrogen-bond acceptors (Lipinski definition) is 3. The zero-order chi connectivity index (χ0) is 16.9. The maximum atomic E-state index is 12.6. The number of nitrogens with zero attached hydrogens (tertiary/aromatic N) is 2. The maximum Gasteiger partial charge on any atom is 0.255 e. The summed E-state index contributed by atoms with van der Waals surface area (Å²) in [5.74, 6) is 0.191. The molecule has 0 radical (unpaired) electrons. The van der Waals surface area contributed by atoms with Crippen LogP contribution in [0.25, 0.3) is 6.08 Å². The lowest BCUT2D eigenvalue weighted by Gasteiger charge is -2.34. The number of amides is 1. The van der Waals surface area contributed by atoms with E-state index in [1.54, 1.807) is 11.3 Å². The predicted octanol–water partition coefficient (Wildman–Crippen LogP) is 3.84. The highest BCUT2D eigenvalue weighted by Crippen LogP contribution is 2.22. The molecule has 3 nitrogen and oxygen atoms in total. The number of hydrogen-bond donors (Lipinski definition) is 0. The molecular formula is C20H24N2OS. The van der Waals surface area contributed by atoms with Crippen LogP contribution in [-0.2, 0) is 0 Å². The lowest BCUT2D eigenvalue weighted by Crippen LogP contribution is -2.48. The highest BCUT2D eigenvalue weighted by Gasteiger charge is 2.23. The number of aryl methyl sites for hydroxylation is 2. The molecule has 1 aromatic heterocycles. The van der Waals surface area contributed by atoms with E-state index in [0.717, 1.165) is 43.2 Å². The van der Waals surface area contributed by atoms with Crippen LogP contribution in [-0.4, -0.2) is 48.4 Å². The maximum absolute atomic E-state index is 12.6. The summed E-state index contributed by atoms with van der Waals surface area (Å²) in [4.78, 5) is 19.4. The van der Waals surface area contributed by atoms with E-state index in [9.17, 15) is 4.79 Å². The third kappa shape index (κ3) is 4.13. The summed E-state index contributed by atoms with van der Waals surface area (Å²) in [6.45, 7) is 8.53. The summed E-state index contributed by atoms with van der Waals surface area (Å²) < 4.78 is 0. The lowest BCUT2D eigenvalue weighted by atomic mass is 10.2. The Hall–Kier alpha value is -1.91. The van der Waals surface area contributed by atoms with Crippen molar-refractivity contribution in [3.63, 3.8) is 0 Å². The molecule has 2 aromatic rings. The summed E-state index contributed by atoms with van der Waals surface area (Å²) in [5.41, 5.74) is 2.12. The van der Waals surface area contributed by atoms with Crippen molar-refractivity contribution in [2.45, 2.75) is 13.8 Å². The van der Waals surface area contributed by atoms with E-state index in [1.807, 2.05) is 24.0 Å². The third-order valence-corrected chi connectivity index (χ3v) is 5.37. The highest BCUT2D eigenvalue weighted by molar-refractivity contribution is 7.12. The lowest BCUT2D eigenvalue weighted by molar-refractivity contribution is 0.0650. The Morgan fingerprint density at radius 1 is 1.12 bits per heavy atom. The van der Waals surface area contributed by atoms with Crippen LogP contribution in [0, 0.1) is 13.8 Å². The van der Waals surface area contributed by atoms with Crippen molar-refractivity contribution >= 4 is 23.3 Å². The van der Waals surface area contributed by atoms with Crippen LogP contribution in [0.3, 0.4) is 0 Å². The summed E-state index contributed by atoms with van der Waals surface area (Å²) in [7, 11) is 0. The number of rotatable bonds is 4. The van der Waals surface area contributed by atoms with Gasteiger partial charge in [0, 0.05) is 42.5 Å². The van der Waals surface area contributed by atoms with Gasteiger partial charge in [0.15, 0.2) is 0 Å². The SMILES string of the molecule is Cc1cc(C(=O)N2CCN(CC=Cc3ccccc3)CC2)c(C)s1. The second kappa shape index (κ2) is 7.77. The molecule has 0 atom stereocenters. The molecule has 1 saturated heterocycles. The van der Waals surface area contributed by atoms with Crippen LogP contribution in [0.4, 0.5) is 0 Å². The number of thiophene rings is 1. The van der Waals surface area contributed by atoms with E-state index in [0.29, 0.717) is 0 Å². The van der Waals surface area contributed by atoms with Gasteiger partial charge in [0.05, 0.1) is 5.56 Å². The van der Waals surface area contributed by atoms with Gasteiger partial charge in [-0.25, -0.2) is 0 Å². The molecule has 0 N–H and O–H groups in total. The number of carbonyl (C=O) groups is 1. The largest absolute Gasteiger partial charge is 0.336 e. The molecule has 1 amide bonds. The second-order valence-corrected chi connectivity index (χ2v) is 7.69. The van der Waals surface area contributed by atoms with Gasteiger partial charge in [0.2, 0.25) is 0 Å². The first-order valence-electron chi connectivity index (χ1n) is 8.44. The van der Waals surface area contributed by atoms with Crippen molar-refractivity contribution in [2.24, 2.45) is 0 Å². The number of benzene rings is 1. The Morgan fingerprint density at radius 2 is 1.83 bits per heavy atom. The molecule has 3 rings (SSSR count). The average Bonchev–Trinajstić information content (AvgIpc) is 2.94. The Labute approximate surface area is 148 Å². The van der Waals surface area contributed by atoms with Gasteiger partial charge in [-0.15, -0.1) is 11.3 Å². The first-order chi connectivity index (χ1) is 11.6. The fourth-order valence-electron chi connectivity index (χ4n) is 3.05. The zero-order valence-corrected chi connectivity index (χ0v) is 15.2. The van der Waals surface area contributed by atoms with Crippen molar-refractivity contribution in [3.8, 4) is 0 Å². The molecule has 0 spiro atoms. The quantitative estimate of drug-likeness (QED) is 0.844. The molecule has 0 saturated carbocycles. The first kappa shape index (κ1) is 16.9. The molecule has 0 bridgehead atoms. The topological polar surface area (TPSA) is 23.6 Å². The highest BCUT2D eigenvalue weighted by atomic mass is 32.1. The molecule has 0 aliphatic carbocycles. The van der Waals surface area contributed by atoms with Crippen molar-refractivity contribution in [1.82, 2.24) is 9.80 Å². The molecule has 2 heterocycles. The van der Waals surface area contributed by atoms with Gasteiger partial charge < -0.3 is 4.90 Å². The van der Waals surface area contributed by atoms with Crippen LogP contribution in [0.5, 0.6) is 0 Å². The van der Waals surface area contributed by atoms with Gasteiger partial charge in [0.1, 0.15) is 0 Å². The molecule has 1 aliphatic rings. The number of carbonyl (C=O) groups excluding carboxylic acids is 1. The van der Waals surface area contributed by atoms with Crippen LogP contribution in [0.2, 0.25) is 0 Å². The Kier molecular flexibility index (Phi) is 5.48. The van der Waals surface area contributed by atoms with Crippen LogP contribution >= 0.6 is 11.3 Å². The van der Waals surface area contributed by atoms with Gasteiger partial charge >= 0.3 is 0 Å². The van der Waals surface area contributed by atoms with Gasteiger partial charge in [-0.3, -0.25) is 9.69 Å². The van der Waals surface area contributed by atoms with E-state index >= 15 is 0 Å². The van der Waals surface area contributed by atoms with Gasteiger partial charge in [-0.2, -0.15) is 0 Å². The van der Waals surface area contributed by atoms with E-state index in [-0.39, 0.29) is 5.91 Å². The second-order valence-electron chi connectivity index (χ2n) is 6.23. The average molecular weight is 340 g/mol. The third-order valence-electron chi connectivity index (χ3n) is 4.40. The summed E-state index contributed by atoms with van der Waals surface area (Å²) >= 11 is 1.70. The van der Waals surface area contributed by atoms with Crippen LogP contribution < -0.4 is 0 Å². The minimum absolute atomic E-state index is 0.191. The predicted molar refractivity (Wildman–Crippen MR) is 102 cm³/mol. The zero-order valence-electron chi connectivity index (χ0n) is 14.4. The smallest absolute Gasteiger partial charge is 0.255 e.